The molecule has 2 aromatic carbocycles. The maximum atomic E-state index is 12.7. The van der Waals surface area contributed by atoms with Crippen molar-refractivity contribution in [2.45, 2.75) is 20.8 Å². The number of aliphatic imine (C=N–C) groups is 1. The van der Waals surface area contributed by atoms with Crippen molar-refractivity contribution in [1.82, 2.24) is 9.78 Å². The Morgan fingerprint density at radius 1 is 1.08 bits per heavy atom. The van der Waals surface area contributed by atoms with E-state index in [2.05, 4.69) is 10.1 Å². The highest BCUT2D eigenvalue weighted by atomic mass is 35.5. The maximum absolute atomic E-state index is 12.7. The molecule has 0 aliphatic carbocycles. The van der Waals surface area contributed by atoms with E-state index in [0.717, 1.165) is 16.9 Å². The first kappa shape index (κ1) is 17.5. The van der Waals surface area contributed by atoms with E-state index < -0.39 is 0 Å². The molecule has 0 unspecified atom stereocenters. The highest BCUT2D eigenvalue weighted by molar-refractivity contribution is 6.43. The van der Waals surface area contributed by atoms with E-state index in [9.17, 15) is 4.79 Å². The Kier molecular flexibility index (Phi) is 4.84. The molecule has 1 aromatic heterocycles. The molecule has 0 fully saturated rings. The highest BCUT2D eigenvalue weighted by Crippen LogP contribution is 2.31. The Hall–Kier alpha value is -2.30. The Morgan fingerprint density at radius 2 is 1.84 bits per heavy atom. The zero-order chi connectivity index (χ0) is 18.1. The predicted molar refractivity (Wildman–Crippen MR) is 104 cm³/mol. The molecule has 0 bridgehead atoms. The van der Waals surface area contributed by atoms with Gasteiger partial charge in [-0.3, -0.25) is 14.9 Å². The molecule has 3 aromatic rings. The first-order valence-electron chi connectivity index (χ1n) is 7.76. The highest BCUT2D eigenvalue weighted by Gasteiger charge is 2.11. The Morgan fingerprint density at radius 3 is 2.56 bits per heavy atom. The number of aryl methyl sites for hydroxylation is 3. The molecule has 25 heavy (non-hydrogen) atoms. The van der Waals surface area contributed by atoms with Gasteiger partial charge in [0.1, 0.15) is 0 Å². The lowest BCUT2D eigenvalue weighted by molar-refractivity contribution is 0.833. The third-order valence-corrected chi connectivity index (χ3v) is 4.94. The van der Waals surface area contributed by atoms with Crippen molar-refractivity contribution in [2.75, 3.05) is 0 Å². The van der Waals surface area contributed by atoms with Crippen molar-refractivity contribution in [3.63, 3.8) is 0 Å². The lowest BCUT2D eigenvalue weighted by Crippen LogP contribution is -2.17. The van der Waals surface area contributed by atoms with Crippen LogP contribution in [0.1, 0.15) is 22.4 Å². The Labute approximate surface area is 155 Å². The van der Waals surface area contributed by atoms with Crippen molar-refractivity contribution in [2.24, 2.45) is 4.99 Å². The zero-order valence-corrected chi connectivity index (χ0v) is 15.6. The average molecular weight is 374 g/mol. The van der Waals surface area contributed by atoms with Gasteiger partial charge >= 0.3 is 0 Å². The fourth-order valence-corrected chi connectivity index (χ4v) is 2.83. The van der Waals surface area contributed by atoms with Crippen molar-refractivity contribution >= 4 is 35.1 Å². The SMILES string of the molecule is Cc1ccc(-n2[nH]c(C)c(C=Nc3cccc(Cl)c3Cl)c2=O)cc1C. The number of halogens is 2. The second-order valence-corrected chi connectivity index (χ2v) is 6.68. The quantitative estimate of drug-likeness (QED) is 0.634. The number of rotatable bonds is 3. The normalized spacial score (nSPS) is 11.4. The van der Waals surface area contributed by atoms with Gasteiger partial charge in [0.25, 0.3) is 5.56 Å². The number of aromatic amines is 1. The summed E-state index contributed by atoms with van der Waals surface area (Å²) in [4.78, 5) is 17.1. The van der Waals surface area contributed by atoms with Crippen LogP contribution >= 0.6 is 23.2 Å². The number of hydrogen-bond acceptors (Lipinski definition) is 2. The van der Waals surface area contributed by atoms with Crippen LogP contribution in [-0.2, 0) is 0 Å². The molecule has 0 aliphatic rings. The molecule has 1 N–H and O–H groups in total. The van der Waals surface area contributed by atoms with Gasteiger partial charge in [0.05, 0.1) is 27.0 Å². The molecule has 0 spiro atoms. The number of hydrogen-bond donors (Lipinski definition) is 1. The number of H-pyrrole nitrogens is 1. The second-order valence-electron chi connectivity index (χ2n) is 5.89. The first-order chi connectivity index (χ1) is 11.9. The van der Waals surface area contributed by atoms with Crippen molar-refractivity contribution < 1.29 is 0 Å². The largest absolute Gasteiger partial charge is 0.295 e. The van der Waals surface area contributed by atoms with Crippen LogP contribution in [0.5, 0.6) is 0 Å². The van der Waals surface area contributed by atoms with Gasteiger partial charge in [-0.1, -0.05) is 35.3 Å². The molecule has 128 valence electrons. The van der Waals surface area contributed by atoms with Crippen LogP contribution in [-0.4, -0.2) is 16.0 Å². The van der Waals surface area contributed by atoms with Crippen LogP contribution in [0.4, 0.5) is 5.69 Å². The third kappa shape index (κ3) is 3.41. The van der Waals surface area contributed by atoms with Gasteiger partial charge in [-0.25, -0.2) is 4.68 Å². The van der Waals surface area contributed by atoms with Gasteiger partial charge < -0.3 is 0 Å². The third-order valence-electron chi connectivity index (χ3n) is 4.13. The summed E-state index contributed by atoms with van der Waals surface area (Å²) in [5.41, 5.74) is 4.65. The molecular weight excluding hydrogens is 357 g/mol. The average Bonchev–Trinajstić information content (AvgIpc) is 2.86. The molecule has 4 nitrogen and oxygen atoms in total. The smallest absolute Gasteiger partial charge is 0.280 e. The topological polar surface area (TPSA) is 50.1 Å². The summed E-state index contributed by atoms with van der Waals surface area (Å²) in [5.74, 6) is 0. The van der Waals surface area contributed by atoms with Crippen LogP contribution in [0.2, 0.25) is 10.0 Å². The van der Waals surface area contributed by atoms with E-state index in [4.69, 9.17) is 23.2 Å². The molecule has 0 amide bonds. The van der Waals surface area contributed by atoms with Gasteiger partial charge in [-0.15, -0.1) is 0 Å². The van der Waals surface area contributed by atoms with E-state index in [1.807, 2.05) is 39.0 Å². The number of benzene rings is 2. The van der Waals surface area contributed by atoms with E-state index in [1.54, 1.807) is 18.2 Å². The molecule has 0 aliphatic heterocycles. The molecule has 1 heterocycles. The van der Waals surface area contributed by atoms with Gasteiger partial charge in [0.2, 0.25) is 0 Å². The summed E-state index contributed by atoms with van der Waals surface area (Å²) in [5, 5.41) is 3.88. The van der Waals surface area contributed by atoms with Crippen molar-refractivity contribution in [1.29, 1.82) is 0 Å². The van der Waals surface area contributed by atoms with Crippen LogP contribution in [0.15, 0.2) is 46.2 Å². The summed E-state index contributed by atoms with van der Waals surface area (Å²) in [6.45, 7) is 5.89. The van der Waals surface area contributed by atoms with E-state index in [-0.39, 0.29) is 5.56 Å². The predicted octanol–water partition coefficient (Wildman–Crippen LogP) is 5.15. The summed E-state index contributed by atoms with van der Waals surface area (Å²) in [6.07, 6.45) is 1.52. The number of nitrogens with one attached hydrogen (secondary N) is 1. The summed E-state index contributed by atoms with van der Waals surface area (Å²) >= 11 is 12.1. The molecule has 0 radical (unpaired) electrons. The molecule has 6 heteroatoms. The minimum absolute atomic E-state index is 0.164. The van der Waals surface area contributed by atoms with Crippen LogP contribution < -0.4 is 5.56 Å². The molecular formula is C19H17Cl2N3O. The molecule has 3 rings (SSSR count). The van der Waals surface area contributed by atoms with Crippen LogP contribution in [0, 0.1) is 20.8 Å². The molecule has 0 atom stereocenters. The van der Waals surface area contributed by atoms with E-state index in [0.29, 0.717) is 21.3 Å². The summed E-state index contributed by atoms with van der Waals surface area (Å²) < 4.78 is 1.52. The lowest BCUT2D eigenvalue weighted by atomic mass is 10.1. The minimum Gasteiger partial charge on any atom is -0.295 e. The minimum atomic E-state index is -0.164. The zero-order valence-electron chi connectivity index (χ0n) is 14.1. The molecule has 0 saturated heterocycles. The molecule has 0 saturated carbocycles. The number of nitrogens with zero attached hydrogens (tertiary/aromatic N) is 2. The van der Waals surface area contributed by atoms with Crippen LogP contribution in [0.25, 0.3) is 5.69 Å². The van der Waals surface area contributed by atoms with Gasteiger partial charge in [0.15, 0.2) is 0 Å². The standard InChI is InChI=1S/C19H17Cl2N3O/c1-11-7-8-14(9-12(11)2)24-19(25)15(13(3)23-24)10-22-17-6-4-5-16(20)18(17)21/h4-10,23H,1-3H3. The van der Waals surface area contributed by atoms with Crippen molar-refractivity contribution in [3.8, 4) is 5.69 Å². The fraction of sp³-hybridized carbons (Fsp3) is 0.158. The maximum Gasteiger partial charge on any atom is 0.280 e. The fourth-order valence-electron chi connectivity index (χ4n) is 2.48. The van der Waals surface area contributed by atoms with E-state index >= 15 is 0 Å². The van der Waals surface area contributed by atoms with Gasteiger partial charge in [-0.05, 0) is 56.2 Å². The Balaban J connectivity index is 2.03. The number of aromatic nitrogens is 2. The van der Waals surface area contributed by atoms with Crippen molar-refractivity contribution in [3.05, 3.63) is 79.2 Å². The monoisotopic (exact) mass is 373 g/mol. The van der Waals surface area contributed by atoms with Gasteiger partial charge in [0, 0.05) is 11.9 Å². The van der Waals surface area contributed by atoms with Gasteiger partial charge in [-0.2, -0.15) is 0 Å². The second kappa shape index (κ2) is 6.90. The summed E-state index contributed by atoms with van der Waals surface area (Å²) in [6, 6.07) is 11.1. The lowest BCUT2D eigenvalue weighted by Gasteiger charge is -2.05. The first-order valence-corrected chi connectivity index (χ1v) is 8.51. The Bertz CT molecular complexity index is 1030. The van der Waals surface area contributed by atoms with E-state index in [1.165, 1.54) is 16.5 Å². The summed E-state index contributed by atoms with van der Waals surface area (Å²) in [7, 11) is 0. The van der Waals surface area contributed by atoms with Crippen LogP contribution in [0.3, 0.4) is 0 Å².